The fourth-order valence-corrected chi connectivity index (χ4v) is 4.03. The van der Waals surface area contributed by atoms with Crippen LogP contribution >= 0.6 is 31.9 Å². The van der Waals surface area contributed by atoms with Gasteiger partial charge in [0.1, 0.15) is 35.6 Å². The minimum absolute atomic E-state index is 0.122. The highest BCUT2D eigenvalue weighted by Gasteiger charge is 2.13. The molecule has 3 aromatic carbocycles. The molecule has 0 aliphatic heterocycles. The molecule has 0 saturated heterocycles. The number of amides is 1. The summed E-state index contributed by atoms with van der Waals surface area (Å²) in [5, 5.41) is 11.9. The van der Waals surface area contributed by atoms with Crippen molar-refractivity contribution >= 4 is 49.5 Å². The van der Waals surface area contributed by atoms with Crippen LogP contribution in [0.4, 0.5) is 14.5 Å². The second-order valence-corrected chi connectivity index (χ2v) is 8.07. The van der Waals surface area contributed by atoms with Crippen molar-refractivity contribution in [1.29, 1.82) is 5.26 Å². The standard InChI is InChI=1S/C23H14Br2F2N2O2/c24-20-10-15(9-16(12-28)23(30)29-19-7-5-18(27)6-8-19)11-21(25)22(20)31-13-14-1-3-17(26)4-2-14/h1-11H,13H2,(H,29,30)/b16-9+. The largest absolute Gasteiger partial charge is 0.487 e. The second-order valence-electron chi connectivity index (χ2n) is 6.36. The van der Waals surface area contributed by atoms with E-state index in [0.717, 1.165) is 5.56 Å². The van der Waals surface area contributed by atoms with Gasteiger partial charge in [-0.15, -0.1) is 0 Å². The number of halogens is 4. The number of nitrogens with zero attached hydrogens (tertiary/aromatic N) is 1. The van der Waals surface area contributed by atoms with E-state index in [1.54, 1.807) is 24.3 Å². The maximum absolute atomic E-state index is 13.0. The molecule has 1 N–H and O–H groups in total. The predicted octanol–water partition coefficient (Wildman–Crippen LogP) is 6.61. The molecule has 8 heteroatoms. The van der Waals surface area contributed by atoms with Crippen LogP contribution in [-0.2, 0) is 11.4 Å². The van der Waals surface area contributed by atoms with Gasteiger partial charge in [0.2, 0.25) is 0 Å². The summed E-state index contributed by atoms with van der Waals surface area (Å²) in [4.78, 5) is 12.4. The Labute approximate surface area is 194 Å². The number of hydrogen-bond donors (Lipinski definition) is 1. The van der Waals surface area contributed by atoms with Crippen LogP contribution in [0.3, 0.4) is 0 Å². The van der Waals surface area contributed by atoms with Crippen molar-refractivity contribution in [3.63, 3.8) is 0 Å². The molecule has 31 heavy (non-hydrogen) atoms. The van der Waals surface area contributed by atoms with Crippen molar-refractivity contribution < 1.29 is 18.3 Å². The molecule has 0 aliphatic rings. The average molecular weight is 548 g/mol. The van der Waals surface area contributed by atoms with Crippen LogP contribution in [0.15, 0.2) is 75.2 Å². The number of carbonyl (C=O) groups excluding carboxylic acids is 1. The van der Waals surface area contributed by atoms with Crippen LogP contribution in [-0.4, -0.2) is 5.91 Å². The molecule has 3 aromatic rings. The SMILES string of the molecule is N#C/C(=C\c1cc(Br)c(OCc2ccc(F)cc2)c(Br)c1)C(=O)Nc1ccc(F)cc1. The first-order valence-electron chi connectivity index (χ1n) is 8.90. The van der Waals surface area contributed by atoms with Crippen LogP contribution in [0.25, 0.3) is 6.08 Å². The summed E-state index contributed by atoms with van der Waals surface area (Å²) in [6, 6.07) is 16.5. The van der Waals surface area contributed by atoms with Crippen LogP contribution in [0, 0.1) is 23.0 Å². The zero-order valence-electron chi connectivity index (χ0n) is 15.8. The minimum atomic E-state index is -0.613. The normalized spacial score (nSPS) is 11.0. The number of ether oxygens (including phenoxy) is 1. The van der Waals surface area contributed by atoms with Crippen LogP contribution < -0.4 is 10.1 Å². The lowest BCUT2D eigenvalue weighted by molar-refractivity contribution is -0.112. The molecule has 156 valence electrons. The molecular weight excluding hydrogens is 534 g/mol. The Bertz CT molecular complexity index is 1150. The number of carbonyl (C=O) groups is 1. The molecule has 0 aromatic heterocycles. The van der Waals surface area contributed by atoms with E-state index >= 15 is 0 Å². The molecule has 0 fully saturated rings. The van der Waals surface area contributed by atoms with E-state index in [1.165, 1.54) is 42.5 Å². The van der Waals surface area contributed by atoms with Gasteiger partial charge in [-0.2, -0.15) is 5.26 Å². The van der Waals surface area contributed by atoms with Gasteiger partial charge in [-0.3, -0.25) is 4.79 Å². The zero-order chi connectivity index (χ0) is 22.4. The van der Waals surface area contributed by atoms with Crippen LogP contribution in [0.2, 0.25) is 0 Å². The highest BCUT2D eigenvalue weighted by molar-refractivity contribution is 9.11. The molecule has 0 radical (unpaired) electrons. The first kappa shape index (κ1) is 22.7. The van der Waals surface area contributed by atoms with Gasteiger partial charge in [0.05, 0.1) is 8.95 Å². The van der Waals surface area contributed by atoms with Gasteiger partial charge in [-0.1, -0.05) is 12.1 Å². The summed E-state index contributed by atoms with van der Waals surface area (Å²) >= 11 is 6.86. The third-order valence-electron chi connectivity index (χ3n) is 4.10. The molecule has 0 saturated carbocycles. The monoisotopic (exact) mass is 546 g/mol. The van der Waals surface area contributed by atoms with Crippen molar-refractivity contribution in [2.75, 3.05) is 5.32 Å². The van der Waals surface area contributed by atoms with Gasteiger partial charge in [-0.05, 0) is 97.6 Å². The summed E-state index contributed by atoms with van der Waals surface area (Å²) in [6.07, 6.45) is 1.43. The molecule has 0 bridgehead atoms. The van der Waals surface area contributed by atoms with Gasteiger partial charge in [0, 0.05) is 5.69 Å². The first-order chi connectivity index (χ1) is 14.9. The second kappa shape index (κ2) is 10.3. The lowest BCUT2D eigenvalue weighted by Gasteiger charge is -2.12. The fourth-order valence-electron chi connectivity index (χ4n) is 2.58. The van der Waals surface area contributed by atoms with Crippen molar-refractivity contribution in [2.45, 2.75) is 6.61 Å². The summed E-state index contributed by atoms with van der Waals surface area (Å²) in [5.41, 5.74) is 1.63. The Balaban J connectivity index is 1.76. The molecule has 3 rings (SSSR count). The number of rotatable bonds is 6. The molecule has 0 spiro atoms. The van der Waals surface area contributed by atoms with Crippen LogP contribution in [0.5, 0.6) is 5.75 Å². The number of nitrogens with one attached hydrogen (secondary N) is 1. The van der Waals surface area contributed by atoms with E-state index in [0.29, 0.717) is 25.9 Å². The van der Waals surface area contributed by atoms with E-state index < -0.39 is 11.7 Å². The molecule has 0 heterocycles. The molecule has 0 unspecified atom stereocenters. The lowest BCUT2D eigenvalue weighted by Crippen LogP contribution is -2.13. The lowest BCUT2D eigenvalue weighted by atomic mass is 10.1. The topological polar surface area (TPSA) is 62.1 Å². The Morgan fingerprint density at radius 3 is 2.10 bits per heavy atom. The number of anilines is 1. The van der Waals surface area contributed by atoms with Crippen molar-refractivity contribution in [3.05, 3.63) is 97.9 Å². The Kier molecular flexibility index (Phi) is 7.55. The highest BCUT2D eigenvalue weighted by atomic mass is 79.9. The van der Waals surface area contributed by atoms with Crippen molar-refractivity contribution in [3.8, 4) is 11.8 Å². The van der Waals surface area contributed by atoms with Gasteiger partial charge in [-0.25, -0.2) is 8.78 Å². The minimum Gasteiger partial charge on any atom is -0.487 e. The first-order valence-corrected chi connectivity index (χ1v) is 10.5. The molecule has 4 nitrogen and oxygen atoms in total. The molecular formula is C23H14Br2F2N2O2. The molecule has 0 aliphatic carbocycles. The number of nitriles is 1. The maximum Gasteiger partial charge on any atom is 0.266 e. The quantitative estimate of drug-likeness (QED) is 0.279. The van der Waals surface area contributed by atoms with E-state index in [-0.39, 0.29) is 18.0 Å². The summed E-state index contributed by atoms with van der Waals surface area (Å²) in [5.74, 6) is -0.835. The molecule has 0 atom stereocenters. The predicted molar refractivity (Wildman–Crippen MR) is 121 cm³/mol. The van der Waals surface area contributed by atoms with E-state index in [9.17, 15) is 18.8 Å². The van der Waals surface area contributed by atoms with Crippen molar-refractivity contribution in [2.24, 2.45) is 0 Å². The van der Waals surface area contributed by atoms with E-state index in [1.807, 2.05) is 6.07 Å². The maximum atomic E-state index is 13.0. The van der Waals surface area contributed by atoms with E-state index in [4.69, 9.17) is 4.74 Å². The van der Waals surface area contributed by atoms with Gasteiger partial charge >= 0.3 is 0 Å². The third kappa shape index (κ3) is 6.23. The summed E-state index contributed by atoms with van der Waals surface area (Å²) in [6.45, 7) is 0.232. The average Bonchev–Trinajstić information content (AvgIpc) is 2.74. The molecule has 1 amide bonds. The van der Waals surface area contributed by atoms with Crippen molar-refractivity contribution in [1.82, 2.24) is 0 Å². The summed E-state index contributed by atoms with van der Waals surface area (Å²) in [7, 11) is 0. The van der Waals surface area contributed by atoms with Crippen LogP contribution in [0.1, 0.15) is 11.1 Å². The number of benzene rings is 3. The van der Waals surface area contributed by atoms with Gasteiger partial charge < -0.3 is 10.1 Å². The Hall–Kier alpha value is -3.02. The zero-order valence-corrected chi connectivity index (χ0v) is 19.0. The smallest absolute Gasteiger partial charge is 0.266 e. The third-order valence-corrected chi connectivity index (χ3v) is 5.27. The van der Waals surface area contributed by atoms with E-state index in [2.05, 4.69) is 37.2 Å². The fraction of sp³-hybridized carbons (Fsp3) is 0.0435. The summed E-state index contributed by atoms with van der Waals surface area (Å²) < 4.78 is 33.0. The highest BCUT2D eigenvalue weighted by Crippen LogP contribution is 2.36. The Morgan fingerprint density at radius 1 is 1.00 bits per heavy atom. The number of hydrogen-bond acceptors (Lipinski definition) is 3. The van der Waals surface area contributed by atoms with Gasteiger partial charge in [0.25, 0.3) is 5.91 Å². The van der Waals surface area contributed by atoms with Gasteiger partial charge in [0.15, 0.2) is 0 Å². The Morgan fingerprint density at radius 2 is 1.55 bits per heavy atom.